The van der Waals surface area contributed by atoms with E-state index in [2.05, 4.69) is 0 Å². The van der Waals surface area contributed by atoms with Crippen molar-refractivity contribution in [1.29, 1.82) is 0 Å². The van der Waals surface area contributed by atoms with Crippen LogP contribution >= 0.6 is 0 Å². The Hall–Kier alpha value is -1.42. The van der Waals surface area contributed by atoms with E-state index < -0.39 is 11.3 Å². The summed E-state index contributed by atoms with van der Waals surface area (Å²) < 4.78 is 13.7. The first-order chi connectivity index (χ1) is 7.47. The molecule has 4 heteroatoms. The Morgan fingerprint density at radius 2 is 2.12 bits per heavy atom. The van der Waals surface area contributed by atoms with Gasteiger partial charge in [-0.15, -0.1) is 0 Å². The van der Waals surface area contributed by atoms with Gasteiger partial charge >= 0.3 is 0 Å². The number of hydrogen-bond donors (Lipinski definition) is 2. The van der Waals surface area contributed by atoms with E-state index >= 15 is 0 Å². The van der Waals surface area contributed by atoms with Gasteiger partial charge in [0.15, 0.2) is 0 Å². The van der Waals surface area contributed by atoms with Crippen LogP contribution in [0.4, 0.5) is 4.39 Å². The molecule has 1 aromatic rings. The predicted molar refractivity (Wildman–Crippen MR) is 59.1 cm³/mol. The molecule has 1 aliphatic carbocycles. The van der Waals surface area contributed by atoms with Gasteiger partial charge in [-0.05, 0) is 31.4 Å². The van der Waals surface area contributed by atoms with Gasteiger partial charge in [0.05, 0.1) is 5.41 Å². The first kappa shape index (κ1) is 11.1. The molecule has 1 unspecified atom stereocenters. The summed E-state index contributed by atoms with van der Waals surface area (Å²) in [5.74, 6) is -0.825. The third-order valence-corrected chi connectivity index (χ3v) is 3.25. The third kappa shape index (κ3) is 1.59. The molecular formula is C12H15FN2O. The van der Waals surface area contributed by atoms with Crippen LogP contribution in [0.3, 0.4) is 0 Å². The first-order valence-electron chi connectivity index (χ1n) is 5.33. The highest BCUT2D eigenvalue weighted by Crippen LogP contribution is 2.49. The highest BCUT2D eigenvalue weighted by molar-refractivity contribution is 5.90. The van der Waals surface area contributed by atoms with Crippen LogP contribution in [0, 0.1) is 5.82 Å². The fraction of sp³-hybridized carbons (Fsp3) is 0.417. The van der Waals surface area contributed by atoms with E-state index in [0.29, 0.717) is 18.4 Å². The molecule has 1 aliphatic rings. The maximum absolute atomic E-state index is 13.7. The summed E-state index contributed by atoms with van der Waals surface area (Å²) in [4.78, 5) is 11.3. The highest BCUT2D eigenvalue weighted by Gasteiger charge is 2.51. The van der Waals surface area contributed by atoms with Crippen LogP contribution in [0.5, 0.6) is 0 Å². The monoisotopic (exact) mass is 222 g/mol. The lowest BCUT2D eigenvalue weighted by Crippen LogP contribution is -2.29. The second-order valence-corrected chi connectivity index (χ2v) is 4.47. The fourth-order valence-corrected chi connectivity index (χ4v) is 1.97. The van der Waals surface area contributed by atoms with E-state index in [4.69, 9.17) is 11.5 Å². The van der Waals surface area contributed by atoms with Crippen LogP contribution in [0.25, 0.3) is 0 Å². The summed E-state index contributed by atoms with van der Waals surface area (Å²) in [5, 5.41) is 0. The summed E-state index contributed by atoms with van der Waals surface area (Å²) >= 11 is 0. The Labute approximate surface area is 93.6 Å². The van der Waals surface area contributed by atoms with Gasteiger partial charge in [0.2, 0.25) is 5.91 Å². The van der Waals surface area contributed by atoms with E-state index in [0.717, 1.165) is 5.56 Å². The molecule has 1 saturated carbocycles. The molecule has 86 valence electrons. The number of amides is 1. The molecule has 1 fully saturated rings. The van der Waals surface area contributed by atoms with Crippen molar-refractivity contribution in [1.82, 2.24) is 0 Å². The lowest BCUT2D eigenvalue weighted by Gasteiger charge is -2.15. The minimum absolute atomic E-state index is 0.178. The number of benzene rings is 1. The smallest absolute Gasteiger partial charge is 0.228 e. The second-order valence-electron chi connectivity index (χ2n) is 4.47. The largest absolute Gasteiger partial charge is 0.369 e. The standard InChI is InChI=1S/C12H15FN2O/c1-7(14)8-2-3-10(13)9(6-8)12(4-5-12)11(15)16/h2-3,6-7H,4-5,14H2,1H3,(H2,15,16). The zero-order valence-corrected chi connectivity index (χ0v) is 9.16. The van der Waals surface area contributed by atoms with Gasteiger partial charge in [-0.1, -0.05) is 12.1 Å². The zero-order valence-electron chi connectivity index (χ0n) is 9.16. The Morgan fingerprint density at radius 1 is 1.50 bits per heavy atom. The van der Waals surface area contributed by atoms with Gasteiger partial charge in [-0.2, -0.15) is 0 Å². The Morgan fingerprint density at radius 3 is 2.56 bits per heavy atom. The predicted octanol–water partition coefficient (Wildman–Crippen LogP) is 1.36. The minimum atomic E-state index is -0.783. The molecule has 0 heterocycles. The molecule has 0 bridgehead atoms. The van der Waals surface area contributed by atoms with Crippen LogP contribution in [0.2, 0.25) is 0 Å². The molecule has 0 saturated heterocycles. The van der Waals surface area contributed by atoms with Gasteiger partial charge in [0.1, 0.15) is 5.82 Å². The quantitative estimate of drug-likeness (QED) is 0.810. The Bertz CT molecular complexity index is 439. The number of carbonyl (C=O) groups is 1. The number of nitrogens with two attached hydrogens (primary N) is 2. The van der Waals surface area contributed by atoms with Crippen LogP contribution < -0.4 is 11.5 Å². The number of hydrogen-bond acceptors (Lipinski definition) is 2. The molecule has 1 amide bonds. The van der Waals surface area contributed by atoms with Crippen molar-refractivity contribution in [2.24, 2.45) is 11.5 Å². The normalized spacial score (nSPS) is 19.2. The van der Waals surface area contributed by atoms with Crippen LogP contribution in [-0.4, -0.2) is 5.91 Å². The fourth-order valence-electron chi connectivity index (χ4n) is 1.97. The number of halogens is 1. The van der Waals surface area contributed by atoms with Gasteiger partial charge in [-0.25, -0.2) is 4.39 Å². The van der Waals surface area contributed by atoms with Crippen molar-refractivity contribution in [3.8, 4) is 0 Å². The SMILES string of the molecule is CC(N)c1ccc(F)c(C2(C(N)=O)CC2)c1. The molecule has 16 heavy (non-hydrogen) atoms. The van der Waals surface area contributed by atoms with Crippen LogP contribution in [0.1, 0.15) is 36.9 Å². The number of primary amides is 1. The lowest BCUT2D eigenvalue weighted by molar-refractivity contribution is -0.120. The van der Waals surface area contributed by atoms with Crippen LogP contribution in [0.15, 0.2) is 18.2 Å². The maximum atomic E-state index is 13.7. The zero-order chi connectivity index (χ0) is 11.9. The van der Waals surface area contributed by atoms with Gasteiger partial charge in [0, 0.05) is 11.6 Å². The average molecular weight is 222 g/mol. The lowest BCUT2D eigenvalue weighted by atomic mass is 9.92. The summed E-state index contributed by atoms with van der Waals surface area (Å²) in [7, 11) is 0. The molecule has 1 aromatic carbocycles. The topological polar surface area (TPSA) is 69.1 Å². The first-order valence-corrected chi connectivity index (χ1v) is 5.33. The number of rotatable bonds is 3. The highest BCUT2D eigenvalue weighted by atomic mass is 19.1. The molecule has 0 radical (unpaired) electrons. The molecule has 1 atom stereocenters. The summed E-state index contributed by atoms with van der Waals surface area (Å²) in [5.41, 5.74) is 11.5. The van der Waals surface area contributed by atoms with E-state index in [1.54, 1.807) is 12.1 Å². The van der Waals surface area contributed by atoms with Crippen LogP contribution in [-0.2, 0) is 10.2 Å². The van der Waals surface area contributed by atoms with Crippen molar-refractivity contribution >= 4 is 5.91 Å². The van der Waals surface area contributed by atoms with E-state index in [1.807, 2.05) is 6.92 Å². The van der Waals surface area contributed by atoms with E-state index in [9.17, 15) is 9.18 Å². The van der Waals surface area contributed by atoms with E-state index in [-0.39, 0.29) is 11.9 Å². The molecule has 3 nitrogen and oxygen atoms in total. The maximum Gasteiger partial charge on any atom is 0.228 e. The molecule has 0 spiro atoms. The van der Waals surface area contributed by atoms with Crippen molar-refractivity contribution < 1.29 is 9.18 Å². The molecular weight excluding hydrogens is 207 g/mol. The number of carbonyl (C=O) groups excluding carboxylic acids is 1. The van der Waals surface area contributed by atoms with Crippen molar-refractivity contribution in [2.45, 2.75) is 31.2 Å². The van der Waals surface area contributed by atoms with E-state index in [1.165, 1.54) is 6.07 Å². The Kier molecular flexibility index (Phi) is 2.46. The summed E-state index contributed by atoms with van der Waals surface area (Å²) in [6, 6.07) is 4.48. The van der Waals surface area contributed by atoms with Crippen molar-refractivity contribution in [3.05, 3.63) is 35.1 Å². The van der Waals surface area contributed by atoms with Crippen molar-refractivity contribution in [3.63, 3.8) is 0 Å². The van der Waals surface area contributed by atoms with Gasteiger partial charge in [-0.3, -0.25) is 4.79 Å². The molecule has 0 aliphatic heterocycles. The molecule has 2 rings (SSSR count). The van der Waals surface area contributed by atoms with Crippen molar-refractivity contribution in [2.75, 3.05) is 0 Å². The Balaban J connectivity index is 2.48. The third-order valence-electron chi connectivity index (χ3n) is 3.25. The molecule has 0 aromatic heterocycles. The van der Waals surface area contributed by atoms with Gasteiger partial charge < -0.3 is 11.5 Å². The minimum Gasteiger partial charge on any atom is -0.369 e. The summed E-state index contributed by atoms with van der Waals surface area (Å²) in [6.45, 7) is 1.82. The average Bonchev–Trinajstić information content (AvgIpc) is 2.98. The summed E-state index contributed by atoms with van der Waals surface area (Å²) in [6.07, 6.45) is 1.25. The molecule has 4 N–H and O–H groups in total. The second kappa shape index (κ2) is 3.56. The van der Waals surface area contributed by atoms with Gasteiger partial charge in [0.25, 0.3) is 0 Å².